The summed E-state index contributed by atoms with van der Waals surface area (Å²) >= 11 is 0. The number of allylic oxidation sites excluding steroid dienone is 2. The van der Waals surface area contributed by atoms with Gasteiger partial charge in [0.25, 0.3) is 0 Å². The van der Waals surface area contributed by atoms with Gasteiger partial charge in [-0.2, -0.15) is 0 Å². The first-order valence-electron chi connectivity index (χ1n) is 1.51. The predicted molar refractivity (Wildman–Crippen MR) is 26.7 cm³/mol. The van der Waals surface area contributed by atoms with E-state index in [1.165, 1.54) is 0 Å². The Kier molecular flexibility index (Phi) is 25.1. The van der Waals surface area contributed by atoms with Crippen molar-refractivity contribution in [2.75, 3.05) is 0 Å². The van der Waals surface area contributed by atoms with Gasteiger partial charge in [-0.15, -0.1) is 0 Å². The van der Waals surface area contributed by atoms with Gasteiger partial charge in [0.15, 0.2) is 0 Å². The Bertz CT molecular complexity index is 36.2. The third-order valence-electron chi connectivity index (χ3n) is 0.167. The zero-order valence-corrected chi connectivity index (χ0v) is 3.87. The van der Waals surface area contributed by atoms with E-state index >= 15 is 0 Å². The van der Waals surface area contributed by atoms with Gasteiger partial charge in [0.2, 0.25) is 0 Å². The summed E-state index contributed by atoms with van der Waals surface area (Å²) in [7, 11) is 0. The topological polar surface area (TPSA) is 49.7 Å². The molecule has 42 valence electrons. The molecule has 0 saturated heterocycles. The van der Waals surface area contributed by atoms with Crippen LogP contribution in [0.25, 0.3) is 0 Å². The fourth-order valence-corrected chi connectivity index (χ4v) is 0. The molecule has 0 aromatic heterocycles. The van der Waals surface area contributed by atoms with Crippen molar-refractivity contribution in [1.29, 1.82) is 0 Å². The molecule has 0 bridgehead atoms. The molecule has 0 spiro atoms. The first kappa shape index (κ1) is 9.61. The first-order chi connectivity index (χ1) is 3.33. The highest BCUT2D eigenvalue weighted by Gasteiger charge is 1.29. The third-order valence-corrected chi connectivity index (χ3v) is 0.167. The largest absolute Gasteiger partial charge is 0.221 e. The Labute approximate surface area is 42.0 Å². The van der Waals surface area contributed by atoms with Crippen LogP contribution in [0.2, 0.25) is 0 Å². The normalized spacial score (nSPS) is 5.43. The maximum atomic E-state index is 6.62. The van der Waals surface area contributed by atoms with Gasteiger partial charge in [0.05, 0.1) is 0 Å². The highest BCUT2D eigenvalue weighted by molar-refractivity contribution is 4.88. The van der Waals surface area contributed by atoms with Crippen LogP contribution >= 0.6 is 0 Å². The lowest BCUT2D eigenvalue weighted by Gasteiger charge is -1.56. The van der Waals surface area contributed by atoms with Crippen LogP contribution in [-0.2, 0) is 5.04 Å². The average molecular weight is 104 g/mol. The Morgan fingerprint density at radius 3 is 1.29 bits per heavy atom. The molecule has 7 heavy (non-hydrogen) atoms. The van der Waals surface area contributed by atoms with Crippen LogP contribution in [0.4, 0.5) is 0 Å². The summed E-state index contributed by atoms with van der Waals surface area (Å²) in [6.45, 7) is 6.72. The van der Waals surface area contributed by atoms with E-state index in [4.69, 9.17) is 10.5 Å². The maximum Gasteiger partial charge on any atom is -0.0701 e. The minimum absolute atomic E-state index is 1.64. The van der Waals surface area contributed by atoms with Crippen LogP contribution < -0.4 is 0 Å². The van der Waals surface area contributed by atoms with Gasteiger partial charge in [0, 0.05) is 0 Å². The van der Waals surface area contributed by atoms with Crippen LogP contribution in [0.5, 0.6) is 0 Å². The van der Waals surface area contributed by atoms with E-state index in [2.05, 4.69) is 18.2 Å². The van der Waals surface area contributed by atoms with E-state index in [9.17, 15) is 0 Å². The van der Waals surface area contributed by atoms with Crippen molar-refractivity contribution in [3.05, 3.63) is 25.3 Å². The monoisotopic (exact) mass is 104 g/mol. The van der Waals surface area contributed by atoms with Crippen molar-refractivity contribution in [3.8, 4) is 0 Å². The Balaban J connectivity index is 0. The molecule has 0 aliphatic rings. The van der Waals surface area contributed by atoms with Gasteiger partial charge < -0.3 is 0 Å². The van der Waals surface area contributed by atoms with Crippen molar-refractivity contribution in [2.24, 2.45) is 0 Å². The van der Waals surface area contributed by atoms with Crippen molar-refractivity contribution in [3.63, 3.8) is 0 Å². The molecule has 0 radical (unpaired) electrons. The van der Waals surface area contributed by atoms with Crippen molar-refractivity contribution in [1.82, 2.24) is 0 Å². The molecule has 0 atom stereocenters. The summed E-state index contributed by atoms with van der Waals surface area (Å²) in [4.78, 5) is 0. The molecular weight excluding hydrogens is 96.0 g/mol. The molecular formula is C4H8O3. The molecule has 0 fully saturated rings. The van der Waals surface area contributed by atoms with E-state index in [0.29, 0.717) is 0 Å². The number of hydrogen-bond acceptors (Lipinski definition) is 3. The fourth-order valence-electron chi connectivity index (χ4n) is 0. The zero-order valence-electron chi connectivity index (χ0n) is 3.87. The standard InChI is InChI=1S/C4H6.H2O3/c1-3-4-2;1-3-2/h3-4H,1-2H2;1-2H. The van der Waals surface area contributed by atoms with Crippen LogP contribution in [0.15, 0.2) is 25.3 Å². The average Bonchev–Trinajstić information content (AvgIpc) is 1.69. The third kappa shape index (κ3) is 467. The minimum atomic E-state index is 1.64. The maximum absolute atomic E-state index is 6.62. The van der Waals surface area contributed by atoms with Gasteiger partial charge in [-0.05, 0) is 0 Å². The van der Waals surface area contributed by atoms with Crippen molar-refractivity contribution in [2.45, 2.75) is 0 Å². The van der Waals surface area contributed by atoms with Gasteiger partial charge in [-0.3, -0.25) is 0 Å². The molecule has 3 nitrogen and oxygen atoms in total. The summed E-state index contributed by atoms with van der Waals surface area (Å²) in [5.41, 5.74) is 0. The van der Waals surface area contributed by atoms with Crippen LogP contribution in [-0.4, -0.2) is 10.5 Å². The first-order valence-corrected chi connectivity index (χ1v) is 1.51. The molecule has 0 saturated carbocycles. The second kappa shape index (κ2) is 18.3. The SMILES string of the molecule is C=CC=C.OOO. The lowest BCUT2D eigenvalue weighted by molar-refractivity contribution is -0.465. The Morgan fingerprint density at radius 2 is 1.29 bits per heavy atom. The van der Waals surface area contributed by atoms with Gasteiger partial charge in [-0.1, -0.05) is 30.3 Å². The van der Waals surface area contributed by atoms with Gasteiger partial charge >= 0.3 is 0 Å². The van der Waals surface area contributed by atoms with E-state index < -0.39 is 0 Å². The lowest BCUT2D eigenvalue weighted by atomic mass is 10.6. The van der Waals surface area contributed by atoms with Crippen LogP contribution in [0.1, 0.15) is 0 Å². The van der Waals surface area contributed by atoms with Crippen LogP contribution in [0.3, 0.4) is 0 Å². The van der Waals surface area contributed by atoms with Gasteiger partial charge in [-0.25, -0.2) is 10.5 Å². The van der Waals surface area contributed by atoms with Crippen molar-refractivity contribution < 1.29 is 15.6 Å². The fraction of sp³-hybridized carbons (Fsp3) is 0. The van der Waals surface area contributed by atoms with Crippen molar-refractivity contribution >= 4 is 0 Å². The summed E-state index contributed by atoms with van der Waals surface area (Å²) in [6, 6.07) is 0. The molecule has 0 aromatic carbocycles. The predicted octanol–water partition coefficient (Wildman–Crippen LogP) is 1.31. The lowest BCUT2D eigenvalue weighted by Crippen LogP contribution is -1.60. The summed E-state index contributed by atoms with van der Waals surface area (Å²) < 4.78 is 0. The molecule has 0 unspecified atom stereocenters. The molecule has 2 N–H and O–H groups in total. The molecule has 0 aliphatic carbocycles. The number of rotatable bonds is 1. The Hall–Kier alpha value is -0.640. The quantitative estimate of drug-likeness (QED) is 0.299. The highest BCUT2D eigenvalue weighted by atomic mass is 17.4. The second-order valence-corrected chi connectivity index (χ2v) is 0.553. The number of hydrogen-bond donors (Lipinski definition) is 2. The molecule has 0 aromatic rings. The smallest absolute Gasteiger partial charge is 0.0701 e. The van der Waals surface area contributed by atoms with E-state index in [0.717, 1.165) is 0 Å². The molecule has 3 heteroatoms. The van der Waals surface area contributed by atoms with E-state index in [1.54, 1.807) is 12.2 Å². The molecule has 0 aliphatic heterocycles. The second-order valence-electron chi connectivity index (χ2n) is 0.553. The molecule has 0 heterocycles. The van der Waals surface area contributed by atoms with Gasteiger partial charge in [0.1, 0.15) is 0 Å². The highest BCUT2D eigenvalue weighted by Crippen LogP contribution is 1.52. The van der Waals surface area contributed by atoms with Crippen LogP contribution in [0, 0.1) is 0 Å². The summed E-state index contributed by atoms with van der Waals surface area (Å²) in [5, 5.41) is 15.5. The van der Waals surface area contributed by atoms with E-state index in [1.807, 2.05) is 0 Å². The zero-order chi connectivity index (χ0) is 6.12. The molecule has 0 amide bonds. The van der Waals surface area contributed by atoms with E-state index in [-0.39, 0.29) is 0 Å². The minimum Gasteiger partial charge on any atom is -0.221 e. The Morgan fingerprint density at radius 1 is 1.14 bits per heavy atom. The summed E-state index contributed by atoms with van der Waals surface area (Å²) in [6.07, 6.45) is 3.28. The summed E-state index contributed by atoms with van der Waals surface area (Å²) in [5.74, 6) is 0. The molecule has 0 rings (SSSR count).